The molecule has 0 radical (unpaired) electrons. The maximum absolute atomic E-state index is 12.6. The number of hydrogen-bond donors (Lipinski definition) is 0. The number of aromatic nitrogens is 1. The molecule has 0 unspecified atom stereocenters. The van der Waals surface area contributed by atoms with Crippen LogP contribution in [0, 0.1) is 6.92 Å². The lowest BCUT2D eigenvalue weighted by Crippen LogP contribution is -2.17. The van der Waals surface area contributed by atoms with Crippen LogP contribution >= 0.6 is 11.3 Å². The molecule has 2 aromatic heterocycles. The van der Waals surface area contributed by atoms with E-state index < -0.39 is 0 Å². The maximum atomic E-state index is 12.6. The minimum atomic E-state index is -0.378. The van der Waals surface area contributed by atoms with Gasteiger partial charge in [0.25, 0.3) is 0 Å². The van der Waals surface area contributed by atoms with Crippen LogP contribution in [0.25, 0.3) is 22.2 Å². The zero-order chi connectivity index (χ0) is 20.2. The van der Waals surface area contributed by atoms with Crippen LogP contribution < -0.4 is 10.4 Å². The van der Waals surface area contributed by atoms with Gasteiger partial charge in [-0.05, 0) is 30.7 Å². The molecule has 0 aliphatic carbocycles. The lowest BCUT2D eigenvalue weighted by atomic mass is 10.1. The highest BCUT2D eigenvalue weighted by atomic mass is 32.1. The lowest BCUT2D eigenvalue weighted by molar-refractivity contribution is 0.562. The standard InChI is InChI=1S/C23H19N3O2S/c1-3-11-26-20(15-29-23(26)25-24-14-17-7-5-4-6-8-17)19-13-18-12-16(2)9-10-21(18)28-22(19)27/h3-10,12-15H,1,11H2,2H3/b24-14?,25-23-. The largest absolute Gasteiger partial charge is 0.422 e. The van der Waals surface area contributed by atoms with E-state index in [9.17, 15) is 4.79 Å². The van der Waals surface area contributed by atoms with Crippen LogP contribution in [-0.4, -0.2) is 10.8 Å². The SMILES string of the molecule is C=CCn1c(-c2cc3cc(C)ccc3oc2=O)cs/c1=N\N=Cc1ccccc1. The van der Waals surface area contributed by atoms with Gasteiger partial charge in [0.05, 0.1) is 17.5 Å². The van der Waals surface area contributed by atoms with Crippen molar-refractivity contribution in [3.63, 3.8) is 0 Å². The van der Waals surface area contributed by atoms with Gasteiger partial charge < -0.3 is 8.98 Å². The molecular formula is C23H19N3O2S. The van der Waals surface area contributed by atoms with Crippen LogP contribution in [0.4, 0.5) is 0 Å². The number of rotatable bonds is 5. The lowest BCUT2D eigenvalue weighted by Gasteiger charge is -2.06. The molecule has 4 aromatic rings. The number of allylic oxidation sites excluding steroid dienone is 1. The van der Waals surface area contributed by atoms with E-state index in [1.165, 1.54) is 11.3 Å². The van der Waals surface area contributed by atoms with E-state index in [2.05, 4.69) is 16.8 Å². The van der Waals surface area contributed by atoms with Gasteiger partial charge in [-0.1, -0.05) is 48.0 Å². The molecule has 5 nitrogen and oxygen atoms in total. The zero-order valence-corrected chi connectivity index (χ0v) is 16.7. The molecule has 144 valence electrons. The number of thiazole rings is 1. The molecule has 0 saturated heterocycles. The quantitative estimate of drug-likeness (QED) is 0.210. The zero-order valence-electron chi connectivity index (χ0n) is 15.9. The van der Waals surface area contributed by atoms with Crippen LogP contribution in [0.15, 0.2) is 92.0 Å². The summed E-state index contributed by atoms with van der Waals surface area (Å²) >= 11 is 1.42. The number of hydrogen-bond acceptors (Lipinski definition) is 5. The van der Waals surface area contributed by atoms with E-state index >= 15 is 0 Å². The molecule has 2 heterocycles. The summed E-state index contributed by atoms with van der Waals surface area (Å²) in [5.41, 5.74) is 3.50. The average Bonchev–Trinajstić information content (AvgIpc) is 3.11. The van der Waals surface area contributed by atoms with Crippen LogP contribution in [0.5, 0.6) is 0 Å². The Bertz CT molecular complexity index is 1330. The van der Waals surface area contributed by atoms with Crippen molar-refractivity contribution in [3.05, 3.63) is 99.0 Å². The Balaban J connectivity index is 1.81. The van der Waals surface area contributed by atoms with Crippen LogP contribution in [-0.2, 0) is 6.54 Å². The fourth-order valence-electron chi connectivity index (χ4n) is 3.04. The van der Waals surface area contributed by atoms with Gasteiger partial charge in [0.15, 0.2) is 0 Å². The van der Waals surface area contributed by atoms with E-state index in [0.717, 1.165) is 22.2 Å². The Morgan fingerprint density at radius 2 is 2.00 bits per heavy atom. The van der Waals surface area contributed by atoms with Crippen molar-refractivity contribution in [2.45, 2.75) is 13.5 Å². The fraction of sp³-hybridized carbons (Fsp3) is 0.0870. The highest BCUT2D eigenvalue weighted by Gasteiger charge is 2.13. The Kier molecular flexibility index (Phi) is 5.35. The monoisotopic (exact) mass is 401 g/mol. The van der Waals surface area contributed by atoms with Gasteiger partial charge in [-0.3, -0.25) is 0 Å². The second kappa shape index (κ2) is 8.24. The van der Waals surface area contributed by atoms with Crippen molar-refractivity contribution >= 4 is 28.5 Å². The van der Waals surface area contributed by atoms with E-state index in [-0.39, 0.29) is 5.63 Å². The third kappa shape index (κ3) is 4.02. The van der Waals surface area contributed by atoms with E-state index in [1.54, 1.807) is 12.3 Å². The van der Waals surface area contributed by atoms with Gasteiger partial charge >= 0.3 is 5.63 Å². The van der Waals surface area contributed by atoms with Crippen molar-refractivity contribution in [1.29, 1.82) is 0 Å². The van der Waals surface area contributed by atoms with Crippen molar-refractivity contribution in [1.82, 2.24) is 4.57 Å². The summed E-state index contributed by atoms with van der Waals surface area (Å²) in [5, 5.41) is 11.3. The summed E-state index contributed by atoms with van der Waals surface area (Å²) in [4.78, 5) is 13.3. The number of aryl methyl sites for hydroxylation is 1. The molecule has 0 saturated carbocycles. The molecule has 29 heavy (non-hydrogen) atoms. The van der Waals surface area contributed by atoms with Crippen molar-refractivity contribution in [3.8, 4) is 11.3 Å². The first kappa shape index (κ1) is 18.8. The maximum Gasteiger partial charge on any atom is 0.345 e. The van der Waals surface area contributed by atoms with Crippen LogP contribution in [0.3, 0.4) is 0 Å². The van der Waals surface area contributed by atoms with Gasteiger partial charge in [-0.25, -0.2) is 4.79 Å². The van der Waals surface area contributed by atoms with Crippen LogP contribution in [0.2, 0.25) is 0 Å². The predicted octanol–water partition coefficient (Wildman–Crippen LogP) is 4.75. The average molecular weight is 401 g/mol. The van der Waals surface area contributed by atoms with Gasteiger partial charge in [0.1, 0.15) is 5.58 Å². The molecule has 0 atom stereocenters. The van der Waals surface area contributed by atoms with Gasteiger partial charge in [-0.2, -0.15) is 5.10 Å². The van der Waals surface area contributed by atoms with Gasteiger partial charge in [0, 0.05) is 17.3 Å². The molecule has 0 amide bonds. The summed E-state index contributed by atoms with van der Waals surface area (Å²) < 4.78 is 7.44. The normalized spacial score (nSPS) is 12.1. The summed E-state index contributed by atoms with van der Waals surface area (Å²) in [6.07, 6.45) is 3.47. The molecule has 0 fully saturated rings. The third-order valence-electron chi connectivity index (χ3n) is 4.42. The highest BCUT2D eigenvalue weighted by molar-refractivity contribution is 7.07. The highest BCUT2D eigenvalue weighted by Crippen LogP contribution is 2.22. The Morgan fingerprint density at radius 3 is 2.79 bits per heavy atom. The number of benzene rings is 2. The molecule has 0 N–H and O–H groups in total. The molecule has 0 spiro atoms. The van der Waals surface area contributed by atoms with Crippen molar-refractivity contribution < 1.29 is 4.42 Å². The molecule has 4 rings (SSSR count). The topological polar surface area (TPSA) is 59.9 Å². The van der Waals surface area contributed by atoms with Crippen molar-refractivity contribution in [2.75, 3.05) is 0 Å². The van der Waals surface area contributed by atoms with E-state index in [4.69, 9.17) is 4.42 Å². The van der Waals surface area contributed by atoms with Gasteiger partial charge in [0.2, 0.25) is 4.80 Å². The molecular weight excluding hydrogens is 382 g/mol. The summed E-state index contributed by atoms with van der Waals surface area (Å²) in [5.74, 6) is 0. The number of fused-ring (bicyclic) bond motifs is 1. The summed E-state index contributed by atoms with van der Waals surface area (Å²) in [7, 11) is 0. The fourth-order valence-corrected chi connectivity index (χ4v) is 3.90. The molecule has 6 heteroatoms. The molecule has 0 aliphatic rings. The second-order valence-electron chi connectivity index (χ2n) is 6.55. The molecule has 0 bridgehead atoms. The minimum Gasteiger partial charge on any atom is -0.422 e. The van der Waals surface area contributed by atoms with E-state index in [0.29, 0.717) is 22.5 Å². The Labute approximate surface area is 171 Å². The Morgan fingerprint density at radius 1 is 1.17 bits per heavy atom. The predicted molar refractivity (Wildman–Crippen MR) is 118 cm³/mol. The Hall–Kier alpha value is -3.51. The molecule has 0 aliphatic heterocycles. The first-order valence-corrected chi connectivity index (χ1v) is 10.00. The van der Waals surface area contributed by atoms with Gasteiger partial charge in [-0.15, -0.1) is 23.0 Å². The van der Waals surface area contributed by atoms with Crippen molar-refractivity contribution in [2.24, 2.45) is 10.2 Å². The number of nitrogens with zero attached hydrogens (tertiary/aromatic N) is 3. The van der Waals surface area contributed by atoms with Crippen LogP contribution in [0.1, 0.15) is 11.1 Å². The minimum absolute atomic E-state index is 0.378. The summed E-state index contributed by atoms with van der Waals surface area (Å²) in [6.45, 7) is 6.34. The smallest absolute Gasteiger partial charge is 0.345 e. The first-order valence-electron chi connectivity index (χ1n) is 9.12. The third-order valence-corrected chi connectivity index (χ3v) is 5.28. The first-order chi connectivity index (χ1) is 14.2. The molecule has 2 aromatic carbocycles. The summed E-state index contributed by atoms with van der Waals surface area (Å²) in [6, 6.07) is 17.4. The second-order valence-corrected chi connectivity index (χ2v) is 7.38. The van der Waals surface area contributed by atoms with E-state index in [1.807, 2.05) is 71.5 Å².